The Morgan fingerprint density at radius 1 is 1.32 bits per heavy atom. The van der Waals surface area contributed by atoms with Gasteiger partial charge in [-0.2, -0.15) is 9.61 Å². The lowest BCUT2D eigenvalue weighted by Gasteiger charge is -2.33. The van der Waals surface area contributed by atoms with E-state index < -0.39 is 6.10 Å². The molecule has 160 valence electrons. The lowest BCUT2D eigenvalue weighted by Crippen LogP contribution is -2.42. The second-order valence-electron chi connectivity index (χ2n) is 8.14. The number of aromatic nitrogens is 4. The van der Waals surface area contributed by atoms with Gasteiger partial charge in [-0.25, -0.2) is 4.98 Å². The highest BCUT2D eigenvalue weighted by Crippen LogP contribution is 2.37. The molecule has 2 aliphatic rings. The molecule has 1 amide bonds. The highest BCUT2D eigenvalue weighted by atomic mass is 79.9. The standard InChI is InChI=1S/C22H23BrN6O2/c1-12(30)22(31)28-7-5-13(6-8-28)19-18(23)20(24)29-21(27-19)16(11-26-29)15-9-14-3-2-4-17(14)25-10-15/h2,4,9-13,30H,3,5-8,24H2,1H3/t12-/m1/s1. The molecule has 1 atom stereocenters. The second kappa shape index (κ2) is 7.72. The van der Waals surface area contributed by atoms with E-state index in [-0.39, 0.29) is 11.8 Å². The van der Waals surface area contributed by atoms with Gasteiger partial charge in [-0.05, 0) is 59.8 Å². The van der Waals surface area contributed by atoms with Crippen LogP contribution in [0.1, 0.15) is 42.6 Å². The summed E-state index contributed by atoms with van der Waals surface area (Å²) in [7, 11) is 0. The first-order valence-electron chi connectivity index (χ1n) is 10.4. The Labute approximate surface area is 187 Å². The third-order valence-corrected chi connectivity index (χ3v) is 6.94. The van der Waals surface area contributed by atoms with Crippen LogP contribution in [-0.4, -0.2) is 54.7 Å². The van der Waals surface area contributed by atoms with E-state index in [1.54, 1.807) is 15.6 Å². The molecular formula is C22H23BrN6O2. The first-order valence-corrected chi connectivity index (χ1v) is 11.2. The molecule has 0 bridgehead atoms. The summed E-state index contributed by atoms with van der Waals surface area (Å²) in [6.07, 6.45) is 9.21. The number of piperidine rings is 1. The van der Waals surface area contributed by atoms with Gasteiger partial charge < -0.3 is 15.7 Å². The predicted molar refractivity (Wildman–Crippen MR) is 121 cm³/mol. The summed E-state index contributed by atoms with van der Waals surface area (Å²) >= 11 is 3.62. The number of likely N-dealkylation sites (tertiary alicyclic amines) is 1. The number of nitrogens with two attached hydrogens (primary N) is 1. The fourth-order valence-corrected chi connectivity index (χ4v) is 4.98. The average molecular weight is 483 g/mol. The number of nitrogen functional groups attached to an aromatic ring is 1. The number of carbonyl (C=O) groups is 1. The third kappa shape index (κ3) is 3.41. The summed E-state index contributed by atoms with van der Waals surface area (Å²) in [5, 5.41) is 14.0. The molecule has 31 heavy (non-hydrogen) atoms. The fourth-order valence-electron chi connectivity index (χ4n) is 4.40. The van der Waals surface area contributed by atoms with Gasteiger partial charge in [0.05, 0.1) is 22.1 Å². The Morgan fingerprint density at radius 3 is 2.84 bits per heavy atom. The van der Waals surface area contributed by atoms with Gasteiger partial charge in [0.1, 0.15) is 11.9 Å². The number of aliphatic hydroxyl groups excluding tert-OH is 1. The molecule has 0 aromatic carbocycles. The maximum Gasteiger partial charge on any atom is 0.251 e. The zero-order chi connectivity index (χ0) is 21.7. The molecule has 1 aliphatic carbocycles. The lowest BCUT2D eigenvalue weighted by atomic mass is 9.93. The molecule has 1 saturated heterocycles. The van der Waals surface area contributed by atoms with Crippen LogP contribution in [0.2, 0.25) is 0 Å². The van der Waals surface area contributed by atoms with Gasteiger partial charge in [0.15, 0.2) is 5.65 Å². The van der Waals surface area contributed by atoms with Crippen LogP contribution in [0, 0.1) is 0 Å². The molecule has 0 spiro atoms. The van der Waals surface area contributed by atoms with E-state index in [0.717, 1.165) is 46.2 Å². The van der Waals surface area contributed by atoms with Gasteiger partial charge >= 0.3 is 0 Å². The first kappa shape index (κ1) is 20.1. The zero-order valence-corrected chi connectivity index (χ0v) is 18.7. The predicted octanol–water partition coefficient (Wildman–Crippen LogP) is 2.79. The van der Waals surface area contributed by atoms with Crippen LogP contribution in [0.15, 0.2) is 29.0 Å². The number of aliphatic hydroxyl groups is 1. The van der Waals surface area contributed by atoms with E-state index in [9.17, 15) is 9.90 Å². The van der Waals surface area contributed by atoms with Crippen molar-refractivity contribution in [2.45, 2.75) is 38.2 Å². The van der Waals surface area contributed by atoms with Crippen LogP contribution >= 0.6 is 15.9 Å². The number of hydrogen-bond donors (Lipinski definition) is 2. The monoisotopic (exact) mass is 482 g/mol. The molecule has 1 aliphatic heterocycles. The second-order valence-corrected chi connectivity index (χ2v) is 8.93. The maximum absolute atomic E-state index is 12.1. The first-order chi connectivity index (χ1) is 14.9. The van der Waals surface area contributed by atoms with Crippen molar-refractivity contribution in [3.8, 4) is 11.1 Å². The number of halogens is 1. The fraction of sp³-hybridized carbons (Fsp3) is 0.364. The summed E-state index contributed by atoms with van der Waals surface area (Å²) in [5.41, 5.74) is 12.1. The quantitative estimate of drug-likeness (QED) is 0.593. The number of carbonyl (C=O) groups excluding carboxylic acids is 1. The smallest absolute Gasteiger partial charge is 0.251 e. The van der Waals surface area contributed by atoms with Crippen molar-refractivity contribution in [3.63, 3.8) is 0 Å². The van der Waals surface area contributed by atoms with E-state index in [1.165, 1.54) is 12.5 Å². The Bertz CT molecular complexity index is 1210. The Morgan fingerprint density at radius 2 is 2.10 bits per heavy atom. The number of fused-ring (bicyclic) bond motifs is 2. The highest BCUT2D eigenvalue weighted by molar-refractivity contribution is 9.10. The number of rotatable bonds is 3. The van der Waals surface area contributed by atoms with E-state index in [2.05, 4.69) is 38.2 Å². The topological polar surface area (TPSA) is 110 Å². The van der Waals surface area contributed by atoms with Crippen molar-refractivity contribution in [1.82, 2.24) is 24.5 Å². The Balaban J connectivity index is 1.50. The van der Waals surface area contributed by atoms with Crippen LogP contribution in [0.4, 0.5) is 5.82 Å². The van der Waals surface area contributed by atoms with E-state index in [1.807, 2.05) is 12.3 Å². The van der Waals surface area contributed by atoms with Crippen molar-refractivity contribution >= 4 is 39.4 Å². The summed E-state index contributed by atoms with van der Waals surface area (Å²) in [4.78, 5) is 23.3. The molecule has 3 N–H and O–H groups in total. The van der Waals surface area contributed by atoms with Gasteiger partial charge in [0.2, 0.25) is 0 Å². The minimum atomic E-state index is -0.973. The molecule has 3 aromatic heterocycles. The van der Waals surface area contributed by atoms with Gasteiger partial charge in [0.25, 0.3) is 5.91 Å². The number of anilines is 1. The number of amides is 1. The number of nitrogens with zero attached hydrogens (tertiary/aromatic N) is 5. The minimum absolute atomic E-state index is 0.157. The molecular weight excluding hydrogens is 460 g/mol. The lowest BCUT2D eigenvalue weighted by molar-refractivity contribution is -0.140. The highest BCUT2D eigenvalue weighted by Gasteiger charge is 2.29. The summed E-state index contributed by atoms with van der Waals surface area (Å²) < 4.78 is 2.40. The van der Waals surface area contributed by atoms with Gasteiger partial charge in [-0.3, -0.25) is 9.78 Å². The van der Waals surface area contributed by atoms with Crippen molar-refractivity contribution < 1.29 is 9.90 Å². The Hall–Kier alpha value is -2.78. The van der Waals surface area contributed by atoms with Crippen LogP contribution in [0.5, 0.6) is 0 Å². The van der Waals surface area contributed by atoms with E-state index >= 15 is 0 Å². The molecule has 3 aromatic rings. The molecule has 9 heteroatoms. The van der Waals surface area contributed by atoms with Crippen molar-refractivity contribution in [2.24, 2.45) is 0 Å². The minimum Gasteiger partial charge on any atom is -0.384 e. The van der Waals surface area contributed by atoms with Crippen LogP contribution in [0.3, 0.4) is 0 Å². The van der Waals surface area contributed by atoms with Crippen molar-refractivity contribution in [2.75, 3.05) is 18.8 Å². The number of hydrogen-bond acceptors (Lipinski definition) is 6. The normalized spacial score (nSPS) is 17.3. The summed E-state index contributed by atoms with van der Waals surface area (Å²) in [5.74, 6) is 0.437. The summed E-state index contributed by atoms with van der Waals surface area (Å²) in [6, 6.07) is 2.14. The zero-order valence-electron chi connectivity index (χ0n) is 17.1. The molecule has 0 radical (unpaired) electrons. The molecule has 0 saturated carbocycles. The van der Waals surface area contributed by atoms with E-state index in [4.69, 9.17) is 10.7 Å². The number of allylic oxidation sites excluding steroid dienone is 1. The third-order valence-electron chi connectivity index (χ3n) is 6.12. The van der Waals surface area contributed by atoms with Crippen molar-refractivity contribution in [3.05, 3.63) is 46.0 Å². The maximum atomic E-state index is 12.1. The van der Waals surface area contributed by atoms with Gasteiger partial charge in [-0.15, -0.1) is 0 Å². The largest absolute Gasteiger partial charge is 0.384 e. The van der Waals surface area contributed by atoms with Gasteiger partial charge in [0, 0.05) is 36.3 Å². The Kier molecular flexibility index (Phi) is 5.02. The number of pyridine rings is 1. The van der Waals surface area contributed by atoms with E-state index in [0.29, 0.717) is 24.6 Å². The molecule has 8 nitrogen and oxygen atoms in total. The van der Waals surface area contributed by atoms with Gasteiger partial charge in [-0.1, -0.05) is 6.08 Å². The SMILES string of the molecule is C[C@@H](O)C(=O)N1CCC(c2nc3c(-c4cnc5c(c4)CC=C5)cnn3c(N)c2Br)CC1. The molecule has 1 fully saturated rings. The van der Waals surface area contributed by atoms with Crippen LogP contribution in [0.25, 0.3) is 22.9 Å². The average Bonchev–Trinajstić information content (AvgIpc) is 3.42. The molecule has 5 rings (SSSR count). The van der Waals surface area contributed by atoms with Crippen LogP contribution < -0.4 is 5.73 Å². The summed E-state index contributed by atoms with van der Waals surface area (Å²) in [6.45, 7) is 2.68. The molecule has 0 unspecified atom stereocenters. The molecule has 4 heterocycles. The van der Waals surface area contributed by atoms with Crippen LogP contribution in [-0.2, 0) is 11.2 Å². The van der Waals surface area contributed by atoms with Crippen molar-refractivity contribution in [1.29, 1.82) is 0 Å².